The Morgan fingerprint density at radius 3 is 2.77 bits per heavy atom. The molecule has 0 aromatic heterocycles. The van der Waals surface area contributed by atoms with E-state index < -0.39 is 11.7 Å². The quantitative estimate of drug-likeness (QED) is 0.778. The first-order valence-electron chi connectivity index (χ1n) is 3.43. The van der Waals surface area contributed by atoms with Crippen molar-refractivity contribution in [3.8, 4) is 0 Å². The molecule has 0 fully saturated rings. The third-order valence-corrected chi connectivity index (χ3v) is 2.40. The van der Waals surface area contributed by atoms with Gasteiger partial charge in [0.25, 0.3) is 5.91 Å². The second-order valence-corrected chi connectivity index (χ2v) is 3.59. The van der Waals surface area contributed by atoms with Crippen LogP contribution in [0.2, 0.25) is 5.02 Å². The van der Waals surface area contributed by atoms with E-state index in [-0.39, 0.29) is 15.1 Å². The number of halogens is 3. The SMILES string of the molecule is CNC(=O)c1cc(F)c(Br)cc1Cl. The highest BCUT2D eigenvalue weighted by Gasteiger charge is 2.11. The van der Waals surface area contributed by atoms with Gasteiger partial charge in [-0.2, -0.15) is 0 Å². The third-order valence-electron chi connectivity index (χ3n) is 1.48. The molecular weight excluding hydrogens is 260 g/mol. The van der Waals surface area contributed by atoms with Crippen LogP contribution in [0.25, 0.3) is 0 Å². The number of carbonyl (C=O) groups excluding carboxylic acids is 1. The number of carbonyl (C=O) groups is 1. The monoisotopic (exact) mass is 265 g/mol. The average molecular weight is 266 g/mol. The molecular formula is C8H6BrClFNO. The van der Waals surface area contributed by atoms with E-state index >= 15 is 0 Å². The van der Waals surface area contributed by atoms with Crippen LogP contribution in [-0.4, -0.2) is 13.0 Å². The predicted molar refractivity (Wildman–Crippen MR) is 52.5 cm³/mol. The molecule has 1 amide bonds. The van der Waals surface area contributed by atoms with Gasteiger partial charge < -0.3 is 5.32 Å². The van der Waals surface area contributed by atoms with Crippen molar-refractivity contribution in [1.29, 1.82) is 0 Å². The fourth-order valence-corrected chi connectivity index (χ4v) is 1.56. The van der Waals surface area contributed by atoms with E-state index in [4.69, 9.17) is 11.6 Å². The van der Waals surface area contributed by atoms with Crippen molar-refractivity contribution in [3.63, 3.8) is 0 Å². The van der Waals surface area contributed by atoms with E-state index in [0.717, 1.165) is 6.07 Å². The average Bonchev–Trinajstić information content (AvgIpc) is 2.10. The molecule has 0 saturated heterocycles. The highest BCUT2D eigenvalue weighted by molar-refractivity contribution is 9.10. The van der Waals surface area contributed by atoms with Gasteiger partial charge in [0, 0.05) is 7.05 Å². The van der Waals surface area contributed by atoms with Gasteiger partial charge in [-0.05, 0) is 28.1 Å². The van der Waals surface area contributed by atoms with Gasteiger partial charge in [0.15, 0.2) is 0 Å². The molecule has 70 valence electrons. The summed E-state index contributed by atoms with van der Waals surface area (Å²) in [6, 6.07) is 2.44. The van der Waals surface area contributed by atoms with Crippen LogP contribution < -0.4 is 5.32 Å². The Labute approximate surface area is 88.2 Å². The van der Waals surface area contributed by atoms with E-state index in [1.165, 1.54) is 13.1 Å². The van der Waals surface area contributed by atoms with Crippen LogP contribution in [-0.2, 0) is 0 Å². The van der Waals surface area contributed by atoms with Crippen LogP contribution in [0.4, 0.5) is 4.39 Å². The standard InChI is InChI=1S/C8H6BrClFNO/c1-12-8(13)4-2-7(11)5(9)3-6(4)10/h2-3H,1H3,(H,12,13). The molecule has 1 N–H and O–H groups in total. The molecule has 1 rings (SSSR count). The van der Waals surface area contributed by atoms with Gasteiger partial charge in [0.1, 0.15) is 5.82 Å². The molecule has 0 unspecified atom stereocenters. The minimum Gasteiger partial charge on any atom is -0.355 e. The van der Waals surface area contributed by atoms with E-state index in [0.29, 0.717) is 0 Å². The summed E-state index contributed by atoms with van der Waals surface area (Å²) in [4.78, 5) is 11.1. The van der Waals surface area contributed by atoms with Crippen LogP contribution >= 0.6 is 27.5 Å². The second-order valence-electron chi connectivity index (χ2n) is 2.33. The summed E-state index contributed by atoms with van der Waals surface area (Å²) in [5, 5.41) is 2.58. The van der Waals surface area contributed by atoms with Gasteiger partial charge >= 0.3 is 0 Å². The zero-order valence-corrected chi connectivity index (χ0v) is 9.04. The molecule has 0 heterocycles. The Hall–Kier alpha value is -0.610. The van der Waals surface area contributed by atoms with Gasteiger partial charge in [0.2, 0.25) is 0 Å². The first-order chi connectivity index (χ1) is 6.06. The summed E-state index contributed by atoms with van der Waals surface area (Å²) >= 11 is 8.68. The molecule has 0 bridgehead atoms. The van der Waals surface area contributed by atoms with Gasteiger partial charge in [-0.15, -0.1) is 0 Å². The van der Waals surface area contributed by atoms with Crippen LogP contribution in [0.15, 0.2) is 16.6 Å². The Kier molecular flexibility index (Phi) is 3.27. The lowest BCUT2D eigenvalue weighted by molar-refractivity contribution is 0.0963. The third kappa shape index (κ3) is 2.19. The number of benzene rings is 1. The summed E-state index contributed by atoms with van der Waals surface area (Å²) < 4.78 is 13.2. The molecule has 2 nitrogen and oxygen atoms in total. The molecule has 13 heavy (non-hydrogen) atoms. The minimum absolute atomic E-state index is 0.130. The highest BCUT2D eigenvalue weighted by atomic mass is 79.9. The normalized spacial score (nSPS) is 9.85. The fraction of sp³-hybridized carbons (Fsp3) is 0.125. The molecule has 0 saturated carbocycles. The van der Waals surface area contributed by atoms with Gasteiger partial charge in [-0.25, -0.2) is 4.39 Å². The zero-order valence-electron chi connectivity index (χ0n) is 6.70. The van der Waals surface area contributed by atoms with Crippen molar-refractivity contribution >= 4 is 33.4 Å². The second kappa shape index (κ2) is 4.07. The van der Waals surface area contributed by atoms with Crippen LogP contribution in [0.5, 0.6) is 0 Å². The van der Waals surface area contributed by atoms with Crippen molar-refractivity contribution in [2.24, 2.45) is 0 Å². The summed E-state index contributed by atoms with van der Waals surface area (Å²) in [5.74, 6) is -0.917. The van der Waals surface area contributed by atoms with Crippen LogP contribution in [0.3, 0.4) is 0 Å². The van der Waals surface area contributed by atoms with Crippen LogP contribution in [0.1, 0.15) is 10.4 Å². The first-order valence-corrected chi connectivity index (χ1v) is 4.60. The van der Waals surface area contributed by atoms with E-state index in [1.807, 2.05) is 0 Å². The lowest BCUT2D eigenvalue weighted by Crippen LogP contribution is -2.18. The van der Waals surface area contributed by atoms with Crippen LogP contribution in [0, 0.1) is 5.82 Å². The summed E-state index contributed by atoms with van der Waals surface area (Å²) in [5.41, 5.74) is 0.130. The molecule has 1 aromatic carbocycles. The number of hydrogen-bond acceptors (Lipinski definition) is 1. The Bertz CT molecular complexity index is 356. The van der Waals surface area contributed by atoms with Crippen molar-refractivity contribution < 1.29 is 9.18 Å². The molecule has 1 aromatic rings. The molecule has 0 spiro atoms. The van der Waals surface area contributed by atoms with Gasteiger partial charge in [-0.1, -0.05) is 11.6 Å². The van der Waals surface area contributed by atoms with E-state index in [2.05, 4.69) is 21.2 Å². The van der Waals surface area contributed by atoms with E-state index in [9.17, 15) is 9.18 Å². The topological polar surface area (TPSA) is 29.1 Å². The van der Waals surface area contributed by atoms with E-state index in [1.54, 1.807) is 0 Å². The molecule has 0 atom stereocenters. The summed E-state index contributed by atoms with van der Waals surface area (Å²) in [6.45, 7) is 0. The summed E-state index contributed by atoms with van der Waals surface area (Å²) in [6.07, 6.45) is 0. The van der Waals surface area contributed by atoms with Gasteiger partial charge in [0.05, 0.1) is 15.1 Å². The maximum atomic E-state index is 13.0. The van der Waals surface area contributed by atoms with Crippen molar-refractivity contribution in [2.45, 2.75) is 0 Å². The number of hydrogen-bond donors (Lipinski definition) is 1. The molecule has 0 aliphatic carbocycles. The maximum absolute atomic E-state index is 13.0. The maximum Gasteiger partial charge on any atom is 0.252 e. The smallest absolute Gasteiger partial charge is 0.252 e. The molecule has 0 radical (unpaired) electrons. The zero-order chi connectivity index (χ0) is 10.0. The van der Waals surface area contributed by atoms with Crippen molar-refractivity contribution in [1.82, 2.24) is 5.32 Å². The predicted octanol–water partition coefficient (Wildman–Crippen LogP) is 2.60. The molecule has 0 aliphatic rings. The lowest BCUT2D eigenvalue weighted by Gasteiger charge is -2.03. The fourth-order valence-electron chi connectivity index (χ4n) is 0.831. The Balaban J connectivity index is 3.23. The summed E-state index contributed by atoms with van der Waals surface area (Å²) in [7, 11) is 1.46. The molecule has 5 heteroatoms. The largest absolute Gasteiger partial charge is 0.355 e. The molecule has 0 aliphatic heterocycles. The number of rotatable bonds is 1. The highest BCUT2D eigenvalue weighted by Crippen LogP contribution is 2.24. The van der Waals surface area contributed by atoms with Crippen molar-refractivity contribution in [2.75, 3.05) is 7.05 Å². The van der Waals surface area contributed by atoms with Crippen molar-refractivity contribution in [3.05, 3.63) is 33.0 Å². The Morgan fingerprint density at radius 2 is 2.23 bits per heavy atom. The number of nitrogens with one attached hydrogen (secondary N) is 1. The number of amides is 1. The lowest BCUT2D eigenvalue weighted by atomic mass is 10.2. The van der Waals surface area contributed by atoms with Gasteiger partial charge in [-0.3, -0.25) is 4.79 Å². The Morgan fingerprint density at radius 1 is 1.62 bits per heavy atom. The minimum atomic E-state index is -0.511. The first kappa shape index (κ1) is 10.5.